The smallest absolute Gasteiger partial charge is 0.0595 e. The molecule has 2 rings (SSSR count). The van der Waals surface area contributed by atoms with Crippen molar-refractivity contribution in [1.82, 2.24) is 0 Å². The van der Waals surface area contributed by atoms with Crippen LogP contribution in [0.4, 0.5) is 0 Å². The van der Waals surface area contributed by atoms with E-state index in [2.05, 4.69) is 15.9 Å². The SMILES string of the molecule is Clc1ccc(CC2(CBr)CCOC2)cc1Cl. The molecule has 1 fully saturated rings. The summed E-state index contributed by atoms with van der Waals surface area (Å²) in [6, 6.07) is 5.85. The van der Waals surface area contributed by atoms with Crippen LogP contribution in [0, 0.1) is 5.41 Å². The van der Waals surface area contributed by atoms with Crippen LogP contribution >= 0.6 is 39.1 Å². The summed E-state index contributed by atoms with van der Waals surface area (Å²) < 4.78 is 5.49. The molecule has 1 aromatic carbocycles. The predicted molar refractivity (Wildman–Crippen MR) is 71.8 cm³/mol. The first-order valence-corrected chi connectivity index (χ1v) is 7.11. The van der Waals surface area contributed by atoms with Crippen molar-refractivity contribution in [1.29, 1.82) is 0 Å². The van der Waals surface area contributed by atoms with Gasteiger partial charge in [-0.3, -0.25) is 0 Å². The highest BCUT2D eigenvalue weighted by atomic mass is 79.9. The molecule has 1 atom stereocenters. The van der Waals surface area contributed by atoms with Gasteiger partial charge in [-0.1, -0.05) is 45.2 Å². The summed E-state index contributed by atoms with van der Waals surface area (Å²) in [4.78, 5) is 0. The Morgan fingerprint density at radius 3 is 2.69 bits per heavy atom. The van der Waals surface area contributed by atoms with Crippen molar-refractivity contribution in [2.75, 3.05) is 18.5 Å². The third kappa shape index (κ3) is 2.73. The van der Waals surface area contributed by atoms with Gasteiger partial charge in [0.1, 0.15) is 0 Å². The maximum atomic E-state index is 6.01. The molecule has 0 aliphatic carbocycles. The first-order chi connectivity index (χ1) is 7.65. The second-order valence-electron chi connectivity index (χ2n) is 4.36. The fourth-order valence-corrected chi connectivity index (χ4v) is 2.99. The summed E-state index contributed by atoms with van der Waals surface area (Å²) >= 11 is 15.5. The van der Waals surface area contributed by atoms with E-state index < -0.39 is 0 Å². The van der Waals surface area contributed by atoms with Crippen LogP contribution in [0.25, 0.3) is 0 Å². The minimum absolute atomic E-state index is 0.219. The summed E-state index contributed by atoms with van der Waals surface area (Å²) in [6.45, 7) is 1.67. The number of alkyl halides is 1. The van der Waals surface area contributed by atoms with E-state index in [0.29, 0.717) is 10.0 Å². The van der Waals surface area contributed by atoms with E-state index in [9.17, 15) is 0 Å². The maximum absolute atomic E-state index is 6.01. The zero-order valence-electron chi connectivity index (χ0n) is 8.81. The van der Waals surface area contributed by atoms with E-state index in [1.807, 2.05) is 18.2 Å². The Bertz CT molecular complexity index is 375. The highest BCUT2D eigenvalue weighted by Gasteiger charge is 2.33. The molecule has 1 unspecified atom stereocenters. The van der Waals surface area contributed by atoms with Crippen LogP contribution in [0.2, 0.25) is 10.0 Å². The molecule has 1 saturated heterocycles. The van der Waals surface area contributed by atoms with Crippen molar-refractivity contribution in [2.45, 2.75) is 12.8 Å². The summed E-state index contributed by atoms with van der Waals surface area (Å²) in [7, 11) is 0. The average molecular weight is 324 g/mol. The molecule has 0 aromatic heterocycles. The minimum atomic E-state index is 0.219. The monoisotopic (exact) mass is 322 g/mol. The second-order valence-corrected chi connectivity index (χ2v) is 5.74. The van der Waals surface area contributed by atoms with Crippen molar-refractivity contribution in [3.05, 3.63) is 33.8 Å². The van der Waals surface area contributed by atoms with Gasteiger partial charge in [0.05, 0.1) is 16.7 Å². The molecule has 88 valence electrons. The van der Waals surface area contributed by atoms with Crippen molar-refractivity contribution in [3.8, 4) is 0 Å². The first kappa shape index (κ1) is 12.7. The topological polar surface area (TPSA) is 9.23 Å². The zero-order chi connectivity index (χ0) is 11.6. The number of halogens is 3. The van der Waals surface area contributed by atoms with E-state index in [1.165, 1.54) is 5.56 Å². The fraction of sp³-hybridized carbons (Fsp3) is 0.500. The summed E-state index contributed by atoms with van der Waals surface area (Å²) in [5.41, 5.74) is 1.44. The van der Waals surface area contributed by atoms with E-state index >= 15 is 0 Å². The second kappa shape index (κ2) is 5.26. The number of hydrogen-bond donors (Lipinski definition) is 0. The van der Waals surface area contributed by atoms with Crippen molar-refractivity contribution >= 4 is 39.1 Å². The highest BCUT2D eigenvalue weighted by molar-refractivity contribution is 9.09. The molecule has 1 aliphatic heterocycles. The van der Waals surface area contributed by atoms with Crippen molar-refractivity contribution in [3.63, 3.8) is 0 Å². The Morgan fingerprint density at radius 1 is 1.31 bits per heavy atom. The normalized spacial score (nSPS) is 24.9. The molecule has 0 N–H and O–H groups in total. The van der Waals surface area contributed by atoms with Gasteiger partial charge in [0, 0.05) is 17.4 Å². The Kier molecular flexibility index (Phi) is 4.17. The van der Waals surface area contributed by atoms with Gasteiger partial charge in [0.25, 0.3) is 0 Å². The molecule has 4 heteroatoms. The van der Waals surface area contributed by atoms with Gasteiger partial charge in [0.15, 0.2) is 0 Å². The predicted octanol–water partition coefficient (Wildman–Crippen LogP) is 4.34. The molecular formula is C12H13BrCl2O. The third-order valence-electron chi connectivity index (χ3n) is 3.03. The lowest BCUT2D eigenvalue weighted by Crippen LogP contribution is -2.25. The van der Waals surface area contributed by atoms with Gasteiger partial charge >= 0.3 is 0 Å². The van der Waals surface area contributed by atoms with Crippen molar-refractivity contribution < 1.29 is 4.74 Å². The van der Waals surface area contributed by atoms with Gasteiger partial charge in [-0.05, 0) is 30.5 Å². The molecule has 1 aliphatic rings. The van der Waals surface area contributed by atoms with Crippen LogP contribution in [0.5, 0.6) is 0 Å². The van der Waals surface area contributed by atoms with Gasteiger partial charge in [-0.15, -0.1) is 0 Å². The lowest BCUT2D eigenvalue weighted by Gasteiger charge is -2.24. The minimum Gasteiger partial charge on any atom is -0.381 e. The molecule has 0 radical (unpaired) electrons. The van der Waals surface area contributed by atoms with Crippen molar-refractivity contribution in [2.24, 2.45) is 5.41 Å². The van der Waals surface area contributed by atoms with E-state index in [0.717, 1.165) is 31.4 Å². The van der Waals surface area contributed by atoms with E-state index in [4.69, 9.17) is 27.9 Å². The maximum Gasteiger partial charge on any atom is 0.0595 e. The molecule has 0 spiro atoms. The Hall–Kier alpha value is 0.240. The highest BCUT2D eigenvalue weighted by Crippen LogP contribution is 2.35. The Morgan fingerprint density at radius 2 is 2.12 bits per heavy atom. The van der Waals surface area contributed by atoms with E-state index in [-0.39, 0.29) is 5.41 Å². The van der Waals surface area contributed by atoms with Crippen LogP contribution < -0.4 is 0 Å². The first-order valence-electron chi connectivity index (χ1n) is 5.23. The van der Waals surface area contributed by atoms with Crippen LogP contribution in [-0.4, -0.2) is 18.5 Å². The number of benzene rings is 1. The van der Waals surface area contributed by atoms with Crippen LogP contribution in [0.3, 0.4) is 0 Å². The zero-order valence-corrected chi connectivity index (χ0v) is 11.9. The van der Waals surface area contributed by atoms with Gasteiger partial charge in [0.2, 0.25) is 0 Å². The number of hydrogen-bond acceptors (Lipinski definition) is 1. The van der Waals surface area contributed by atoms with Gasteiger partial charge < -0.3 is 4.74 Å². The molecule has 1 heterocycles. The number of rotatable bonds is 3. The van der Waals surface area contributed by atoms with Crippen LogP contribution in [-0.2, 0) is 11.2 Å². The Balaban J connectivity index is 2.16. The average Bonchev–Trinajstić information content (AvgIpc) is 2.73. The van der Waals surface area contributed by atoms with Crippen LogP contribution in [0.15, 0.2) is 18.2 Å². The molecule has 16 heavy (non-hydrogen) atoms. The summed E-state index contributed by atoms with van der Waals surface area (Å²) in [6.07, 6.45) is 2.08. The van der Waals surface area contributed by atoms with Crippen LogP contribution in [0.1, 0.15) is 12.0 Å². The van der Waals surface area contributed by atoms with E-state index in [1.54, 1.807) is 0 Å². The third-order valence-corrected chi connectivity index (χ3v) is 4.96. The molecule has 1 aromatic rings. The number of ether oxygens (including phenoxy) is 1. The molecule has 0 amide bonds. The molecule has 1 nitrogen and oxygen atoms in total. The summed E-state index contributed by atoms with van der Waals surface area (Å²) in [5, 5.41) is 2.20. The standard InChI is InChI=1S/C12H13BrCl2O/c13-7-12(3-4-16-8-12)6-9-1-2-10(14)11(15)5-9/h1-2,5H,3-4,6-8H2. The lowest BCUT2D eigenvalue weighted by molar-refractivity contribution is 0.162. The van der Waals surface area contributed by atoms with Gasteiger partial charge in [-0.25, -0.2) is 0 Å². The Labute approximate surface area is 114 Å². The quantitative estimate of drug-likeness (QED) is 0.752. The van der Waals surface area contributed by atoms with Gasteiger partial charge in [-0.2, -0.15) is 0 Å². The largest absolute Gasteiger partial charge is 0.381 e. The fourth-order valence-electron chi connectivity index (χ4n) is 2.02. The molecular weight excluding hydrogens is 311 g/mol. The summed E-state index contributed by atoms with van der Waals surface area (Å²) in [5.74, 6) is 0. The molecule has 0 saturated carbocycles. The lowest BCUT2D eigenvalue weighted by atomic mass is 9.83. The molecule has 0 bridgehead atoms.